The van der Waals surface area contributed by atoms with E-state index in [0.717, 1.165) is 6.07 Å². The largest absolute Gasteiger partial charge is 0.364 e. The van der Waals surface area contributed by atoms with E-state index in [0.29, 0.717) is 31.7 Å². The molecule has 1 unspecified atom stereocenters. The molecular weight excluding hydrogens is 412 g/mol. The van der Waals surface area contributed by atoms with Gasteiger partial charge < -0.3 is 14.8 Å². The fourth-order valence-corrected chi connectivity index (χ4v) is 4.16. The summed E-state index contributed by atoms with van der Waals surface area (Å²) in [6.45, 7) is 5.73. The Balaban J connectivity index is 1.81. The van der Waals surface area contributed by atoms with Crippen molar-refractivity contribution in [2.75, 3.05) is 24.5 Å². The summed E-state index contributed by atoms with van der Waals surface area (Å²) in [6.07, 6.45) is 4.23. The molecule has 0 saturated carbocycles. The Morgan fingerprint density at radius 1 is 1.25 bits per heavy atom. The number of halogens is 2. The summed E-state index contributed by atoms with van der Waals surface area (Å²) in [6, 6.07) is 9.89. The number of hydrogen-bond acceptors (Lipinski definition) is 4. The highest BCUT2D eigenvalue weighted by atomic mass is 19.1. The van der Waals surface area contributed by atoms with Gasteiger partial charge in [0.05, 0.1) is 10.9 Å². The predicted molar refractivity (Wildman–Crippen MR) is 123 cm³/mol. The van der Waals surface area contributed by atoms with Crippen LogP contribution in [0.15, 0.2) is 53.5 Å². The van der Waals surface area contributed by atoms with Gasteiger partial charge in [-0.2, -0.15) is 0 Å². The molecule has 0 aliphatic carbocycles. The lowest BCUT2D eigenvalue weighted by molar-refractivity contribution is 0.104. The number of fused-ring (bicyclic) bond motifs is 1. The van der Waals surface area contributed by atoms with Gasteiger partial charge in [-0.1, -0.05) is 30.3 Å². The van der Waals surface area contributed by atoms with Crippen molar-refractivity contribution in [2.24, 2.45) is 0 Å². The SMILES string of the molecule is CCn1cc(/C=C/C(=O)c2ccccc2)c(=O)c2cc(F)c(N3CCNC(C)C3)c(F)c21. The van der Waals surface area contributed by atoms with Crippen molar-refractivity contribution in [1.82, 2.24) is 9.88 Å². The first-order valence-electron chi connectivity index (χ1n) is 10.7. The fourth-order valence-electron chi connectivity index (χ4n) is 4.16. The van der Waals surface area contributed by atoms with E-state index in [4.69, 9.17) is 0 Å². The van der Waals surface area contributed by atoms with Gasteiger partial charge in [0.15, 0.2) is 17.0 Å². The Kier molecular flexibility index (Phi) is 6.19. The van der Waals surface area contributed by atoms with Gasteiger partial charge in [0.25, 0.3) is 0 Å². The smallest absolute Gasteiger partial charge is 0.196 e. The summed E-state index contributed by atoms with van der Waals surface area (Å²) in [5.41, 5.74) is 0.153. The summed E-state index contributed by atoms with van der Waals surface area (Å²) in [7, 11) is 0. The lowest BCUT2D eigenvalue weighted by Crippen LogP contribution is -2.49. The van der Waals surface area contributed by atoms with Crippen LogP contribution in [-0.4, -0.2) is 36.0 Å². The van der Waals surface area contributed by atoms with Crippen molar-refractivity contribution in [3.05, 3.63) is 81.7 Å². The molecule has 1 fully saturated rings. The monoisotopic (exact) mass is 437 g/mol. The maximum absolute atomic E-state index is 15.6. The number of hydrogen-bond donors (Lipinski definition) is 1. The normalized spacial score (nSPS) is 16.8. The van der Waals surface area contributed by atoms with Crippen LogP contribution in [0.25, 0.3) is 17.0 Å². The number of aromatic nitrogens is 1. The standard InChI is InChI=1S/C25H25F2N3O2/c1-3-29-15-18(9-10-21(31)17-7-5-4-6-8-17)25(32)19-13-20(26)24(22(27)23(19)29)30-12-11-28-16(2)14-30/h4-10,13,15-16,28H,3,11-12,14H2,1-2H3/b10-9+. The molecule has 2 heterocycles. The van der Waals surface area contributed by atoms with Crippen LogP contribution in [0.2, 0.25) is 0 Å². The zero-order valence-corrected chi connectivity index (χ0v) is 18.1. The molecule has 5 nitrogen and oxygen atoms in total. The van der Waals surface area contributed by atoms with Gasteiger partial charge in [-0.25, -0.2) is 8.78 Å². The summed E-state index contributed by atoms with van der Waals surface area (Å²) in [4.78, 5) is 27.1. The first kappa shape index (κ1) is 21.9. The molecule has 166 valence electrons. The van der Waals surface area contributed by atoms with Crippen LogP contribution in [0.5, 0.6) is 0 Å². The zero-order valence-electron chi connectivity index (χ0n) is 18.1. The third-order valence-electron chi connectivity index (χ3n) is 5.76. The number of piperazine rings is 1. The zero-order chi connectivity index (χ0) is 22.8. The molecule has 1 aliphatic heterocycles. The molecule has 1 atom stereocenters. The van der Waals surface area contributed by atoms with Gasteiger partial charge in [0, 0.05) is 49.5 Å². The van der Waals surface area contributed by atoms with Crippen molar-refractivity contribution >= 4 is 28.4 Å². The summed E-state index contributed by atoms with van der Waals surface area (Å²) in [5.74, 6) is -1.75. The number of rotatable bonds is 5. The molecule has 0 bridgehead atoms. The van der Waals surface area contributed by atoms with E-state index >= 15 is 8.78 Å². The molecule has 3 aromatic rings. The van der Waals surface area contributed by atoms with E-state index < -0.39 is 17.1 Å². The molecule has 1 aliphatic rings. The second-order valence-corrected chi connectivity index (χ2v) is 7.98. The van der Waals surface area contributed by atoms with Crippen molar-refractivity contribution in [3.8, 4) is 0 Å². The highest BCUT2D eigenvalue weighted by Gasteiger charge is 2.26. The predicted octanol–water partition coefficient (Wildman–Crippen LogP) is 3.99. The number of allylic oxidation sites excluding steroid dienone is 1. The Morgan fingerprint density at radius 2 is 2.00 bits per heavy atom. The van der Waals surface area contributed by atoms with Crippen molar-refractivity contribution in [2.45, 2.75) is 26.4 Å². The minimum absolute atomic E-state index is 0.0388. The van der Waals surface area contributed by atoms with Crippen molar-refractivity contribution in [3.63, 3.8) is 0 Å². The second-order valence-electron chi connectivity index (χ2n) is 7.98. The average molecular weight is 437 g/mol. The number of ketones is 1. The second kappa shape index (κ2) is 9.04. The minimum Gasteiger partial charge on any atom is -0.364 e. The summed E-state index contributed by atoms with van der Waals surface area (Å²) in [5, 5.41) is 3.22. The van der Waals surface area contributed by atoms with Crippen LogP contribution < -0.4 is 15.6 Å². The number of nitrogens with one attached hydrogen (secondary N) is 1. The molecule has 32 heavy (non-hydrogen) atoms. The fraction of sp³-hybridized carbons (Fsp3) is 0.280. The van der Waals surface area contributed by atoms with E-state index in [1.165, 1.54) is 18.3 Å². The number of aryl methyl sites for hydroxylation is 1. The van der Waals surface area contributed by atoms with E-state index in [1.807, 2.05) is 19.9 Å². The van der Waals surface area contributed by atoms with Crippen LogP contribution in [-0.2, 0) is 6.54 Å². The molecular formula is C25H25F2N3O2. The van der Waals surface area contributed by atoms with Crippen LogP contribution >= 0.6 is 0 Å². The molecule has 1 N–H and O–H groups in total. The van der Waals surface area contributed by atoms with Crippen LogP contribution in [0.3, 0.4) is 0 Å². The molecule has 0 amide bonds. The Morgan fingerprint density at radius 3 is 2.69 bits per heavy atom. The van der Waals surface area contributed by atoms with E-state index in [9.17, 15) is 9.59 Å². The minimum atomic E-state index is -0.759. The van der Waals surface area contributed by atoms with Gasteiger partial charge in [-0.05, 0) is 32.1 Å². The quantitative estimate of drug-likeness (QED) is 0.484. The highest BCUT2D eigenvalue weighted by Crippen LogP contribution is 2.31. The maximum atomic E-state index is 15.6. The molecule has 2 aromatic carbocycles. The Hall–Kier alpha value is -3.32. The van der Waals surface area contributed by atoms with Gasteiger partial charge in [-0.15, -0.1) is 0 Å². The number of pyridine rings is 1. The van der Waals surface area contributed by atoms with E-state index in [2.05, 4.69) is 5.32 Å². The van der Waals surface area contributed by atoms with E-state index in [1.54, 1.807) is 33.7 Å². The maximum Gasteiger partial charge on any atom is 0.196 e. The topological polar surface area (TPSA) is 54.3 Å². The van der Waals surface area contributed by atoms with Crippen molar-refractivity contribution < 1.29 is 13.6 Å². The third kappa shape index (κ3) is 4.08. The van der Waals surface area contributed by atoms with Gasteiger partial charge >= 0.3 is 0 Å². The van der Waals surface area contributed by atoms with Gasteiger partial charge in [0.1, 0.15) is 11.5 Å². The van der Waals surface area contributed by atoms with Crippen molar-refractivity contribution in [1.29, 1.82) is 0 Å². The molecule has 1 saturated heterocycles. The molecule has 4 rings (SSSR count). The van der Waals surface area contributed by atoms with Crippen LogP contribution in [0.1, 0.15) is 29.8 Å². The lowest BCUT2D eigenvalue weighted by Gasteiger charge is -2.34. The average Bonchev–Trinajstić information content (AvgIpc) is 2.79. The van der Waals surface area contributed by atoms with Crippen LogP contribution in [0.4, 0.5) is 14.5 Å². The first-order chi connectivity index (χ1) is 15.4. The number of carbonyl (C=O) groups is 1. The lowest BCUT2D eigenvalue weighted by atomic mass is 10.1. The highest BCUT2D eigenvalue weighted by molar-refractivity contribution is 6.06. The van der Waals surface area contributed by atoms with Crippen LogP contribution in [0, 0.1) is 11.6 Å². The van der Waals surface area contributed by atoms with E-state index in [-0.39, 0.29) is 34.0 Å². The number of carbonyl (C=O) groups excluding carboxylic acids is 1. The Labute approximate surface area is 185 Å². The van der Waals surface area contributed by atoms with Gasteiger partial charge in [-0.3, -0.25) is 9.59 Å². The number of nitrogens with zero attached hydrogens (tertiary/aromatic N) is 2. The molecule has 0 spiro atoms. The third-order valence-corrected chi connectivity index (χ3v) is 5.76. The molecule has 7 heteroatoms. The number of anilines is 1. The Bertz CT molecular complexity index is 1250. The van der Waals surface area contributed by atoms with Gasteiger partial charge in [0.2, 0.25) is 0 Å². The first-order valence-corrected chi connectivity index (χ1v) is 10.7. The molecule has 0 radical (unpaired) electrons. The summed E-state index contributed by atoms with van der Waals surface area (Å²) < 4.78 is 32.2. The molecule has 1 aromatic heterocycles. The number of benzene rings is 2. The summed E-state index contributed by atoms with van der Waals surface area (Å²) >= 11 is 0.